The predicted octanol–water partition coefficient (Wildman–Crippen LogP) is 2.81. The Labute approximate surface area is 84.1 Å². The smallest absolute Gasteiger partial charge is 0.0408 e. The number of rotatable bonds is 1. The Balaban J connectivity index is 2.14. The molecule has 1 aliphatic heterocycles. The van der Waals surface area contributed by atoms with Crippen molar-refractivity contribution in [2.75, 3.05) is 13.1 Å². The van der Waals surface area contributed by atoms with Crippen molar-refractivity contribution in [2.45, 2.75) is 18.8 Å². The van der Waals surface area contributed by atoms with Gasteiger partial charge < -0.3 is 5.32 Å². The highest BCUT2D eigenvalue weighted by Gasteiger charge is 2.14. The van der Waals surface area contributed by atoms with Gasteiger partial charge in [0.25, 0.3) is 0 Å². The number of hydrogen-bond donors (Lipinski definition) is 1. The summed E-state index contributed by atoms with van der Waals surface area (Å²) < 4.78 is 0. The summed E-state index contributed by atoms with van der Waals surface area (Å²) in [5.41, 5.74) is 1.37. The zero-order chi connectivity index (χ0) is 9.10. The molecule has 1 nitrogen and oxygen atoms in total. The molecular weight excluding hydrogens is 182 g/mol. The molecule has 1 aromatic carbocycles. The summed E-state index contributed by atoms with van der Waals surface area (Å²) in [7, 11) is 0. The quantitative estimate of drug-likeness (QED) is 0.727. The Morgan fingerprint density at radius 3 is 3.00 bits per heavy atom. The number of halogens is 1. The first-order valence-electron chi connectivity index (χ1n) is 4.82. The van der Waals surface area contributed by atoms with Gasteiger partial charge in [0.2, 0.25) is 0 Å². The summed E-state index contributed by atoms with van der Waals surface area (Å²) in [4.78, 5) is 0. The molecule has 0 radical (unpaired) electrons. The van der Waals surface area contributed by atoms with Gasteiger partial charge in [-0.1, -0.05) is 23.7 Å². The number of piperidine rings is 1. The van der Waals surface area contributed by atoms with Gasteiger partial charge in [0, 0.05) is 11.6 Å². The second kappa shape index (κ2) is 4.12. The van der Waals surface area contributed by atoms with E-state index in [1.807, 2.05) is 12.1 Å². The molecule has 0 bridgehead atoms. The summed E-state index contributed by atoms with van der Waals surface area (Å²) in [6.07, 6.45) is 2.56. The van der Waals surface area contributed by atoms with Crippen LogP contribution >= 0.6 is 11.6 Å². The molecule has 1 unspecified atom stereocenters. The molecule has 1 fully saturated rings. The minimum atomic E-state index is 0.660. The van der Waals surface area contributed by atoms with Crippen LogP contribution in [0.15, 0.2) is 24.3 Å². The third kappa shape index (κ3) is 2.23. The number of hydrogen-bond acceptors (Lipinski definition) is 1. The Morgan fingerprint density at radius 2 is 2.31 bits per heavy atom. The van der Waals surface area contributed by atoms with Crippen LogP contribution in [-0.4, -0.2) is 13.1 Å². The zero-order valence-electron chi connectivity index (χ0n) is 7.59. The van der Waals surface area contributed by atoms with Gasteiger partial charge in [-0.25, -0.2) is 0 Å². The van der Waals surface area contributed by atoms with E-state index in [0.29, 0.717) is 5.92 Å². The summed E-state index contributed by atoms with van der Waals surface area (Å²) in [5.74, 6) is 0.660. The molecule has 1 aromatic rings. The Bertz CT molecular complexity index is 279. The van der Waals surface area contributed by atoms with E-state index in [2.05, 4.69) is 17.4 Å². The van der Waals surface area contributed by atoms with Crippen LogP contribution in [-0.2, 0) is 0 Å². The van der Waals surface area contributed by atoms with E-state index in [1.54, 1.807) is 0 Å². The van der Waals surface area contributed by atoms with E-state index >= 15 is 0 Å². The van der Waals surface area contributed by atoms with Crippen molar-refractivity contribution in [3.63, 3.8) is 0 Å². The Hall–Kier alpha value is -0.530. The van der Waals surface area contributed by atoms with Gasteiger partial charge in [0.15, 0.2) is 0 Å². The second-order valence-electron chi connectivity index (χ2n) is 3.60. The van der Waals surface area contributed by atoms with Crippen LogP contribution in [0.1, 0.15) is 24.3 Å². The second-order valence-corrected chi connectivity index (χ2v) is 4.03. The first-order chi connectivity index (χ1) is 6.36. The number of nitrogens with one attached hydrogen (secondary N) is 1. The lowest BCUT2D eigenvalue weighted by atomic mass is 9.92. The molecule has 0 saturated carbocycles. The Morgan fingerprint density at radius 1 is 1.38 bits per heavy atom. The van der Waals surface area contributed by atoms with Crippen molar-refractivity contribution in [3.8, 4) is 0 Å². The maximum Gasteiger partial charge on any atom is 0.0408 e. The molecule has 2 heteroatoms. The summed E-state index contributed by atoms with van der Waals surface area (Å²) in [6.45, 7) is 2.26. The van der Waals surface area contributed by atoms with Crippen LogP contribution in [0.5, 0.6) is 0 Å². The molecule has 13 heavy (non-hydrogen) atoms. The normalized spacial score (nSPS) is 23.0. The van der Waals surface area contributed by atoms with Gasteiger partial charge in [0.1, 0.15) is 0 Å². The fourth-order valence-corrected chi connectivity index (χ4v) is 2.10. The van der Waals surface area contributed by atoms with Crippen molar-refractivity contribution < 1.29 is 0 Å². The first-order valence-corrected chi connectivity index (χ1v) is 5.20. The lowest BCUT2D eigenvalue weighted by Gasteiger charge is -2.23. The summed E-state index contributed by atoms with van der Waals surface area (Å²) in [5, 5.41) is 4.26. The van der Waals surface area contributed by atoms with Crippen LogP contribution in [0.25, 0.3) is 0 Å². The highest BCUT2D eigenvalue weighted by molar-refractivity contribution is 6.30. The molecule has 1 aliphatic rings. The summed E-state index contributed by atoms with van der Waals surface area (Å²) >= 11 is 5.94. The molecule has 1 heterocycles. The first kappa shape index (κ1) is 9.04. The van der Waals surface area contributed by atoms with Crippen LogP contribution < -0.4 is 5.32 Å². The SMILES string of the molecule is Clc1cccc(C2CCCNC2)c1. The Kier molecular flexibility index (Phi) is 2.87. The van der Waals surface area contributed by atoms with Crippen LogP contribution in [0, 0.1) is 0 Å². The average molecular weight is 196 g/mol. The van der Waals surface area contributed by atoms with Crippen LogP contribution in [0.2, 0.25) is 5.02 Å². The van der Waals surface area contributed by atoms with Gasteiger partial charge in [-0.05, 0) is 43.0 Å². The van der Waals surface area contributed by atoms with E-state index < -0.39 is 0 Å². The number of benzene rings is 1. The molecule has 1 atom stereocenters. The highest BCUT2D eigenvalue weighted by Crippen LogP contribution is 2.24. The van der Waals surface area contributed by atoms with E-state index in [-0.39, 0.29) is 0 Å². The maximum atomic E-state index is 5.94. The molecular formula is C11H14ClN. The average Bonchev–Trinajstić information content (AvgIpc) is 2.19. The van der Waals surface area contributed by atoms with Gasteiger partial charge in [-0.2, -0.15) is 0 Å². The van der Waals surface area contributed by atoms with Gasteiger partial charge in [0.05, 0.1) is 0 Å². The fraction of sp³-hybridized carbons (Fsp3) is 0.455. The topological polar surface area (TPSA) is 12.0 Å². The molecule has 1 saturated heterocycles. The van der Waals surface area contributed by atoms with Gasteiger partial charge in [-0.3, -0.25) is 0 Å². The minimum Gasteiger partial charge on any atom is -0.316 e. The third-order valence-electron chi connectivity index (χ3n) is 2.62. The molecule has 70 valence electrons. The molecule has 1 N–H and O–H groups in total. The van der Waals surface area contributed by atoms with Crippen molar-refractivity contribution >= 4 is 11.6 Å². The van der Waals surface area contributed by atoms with E-state index in [1.165, 1.54) is 18.4 Å². The largest absolute Gasteiger partial charge is 0.316 e. The molecule has 2 rings (SSSR count). The molecule has 0 aromatic heterocycles. The van der Waals surface area contributed by atoms with Crippen molar-refractivity contribution in [1.82, 2.24) is 5.32 Å². The monoisotopic (exact) mass is 195 g/mol. The predicted molar refractivity (Wildman–Crippen MR) is 56.3 cm³/mol. The third-order valence-corrected chi connectivity index (χ3v) is 2.85. The zero-order valence-corrected chi connectivity index (χ0v) is 8.35. The molecule has 0 aliphatic carbocycles. The molecule has 0 amide bonds. The highest BCUT2D eigenvalue weighted by atomic mass is 35.5. The van der Waals surface area contributed by atoms with Crippen LogP contribution in [0.3, 0.4) is 0 Å². The lowest BCUT2D eigenvalue weighted by Crippen LogP contribution is -2.28. The van der Waals surface area contributed by atoms with E-state index in [4.69, 9.17) is 11.6 Å². The fourth-order valence-electron chi connectivity index (χ4n) is 1.90. The van der Waals surface area contributed by atoms with Gasteiger partial charge in [-0.15, -0.1) is 0 Å². The van der Waals surface area contributed by atoms with E-state index in [9.17, 15) is 0 Å². The minimum absolute atomic E-state index is 0.660. The standard InChI is InChI=1S/C11H14ClN/c12-11-5-1-3-9(7-11)10-4-2-6-13-8-10/h1,3,5,7,10,13H,2,4,6,8H2. The van der Waals surface area contributed by atoms with E-state index in [0.717, 1.165) is 18.1 Å². The lowest BCUT2D eigenvalue weighted by molar-refractivity contribution is 0.461. The molecule has 0 spiro atoms. The van der Waals surface area contributed by atoms with Crippen LogP contribution in [0.4, 0.5) is 0 Å². The van der Waals surface area contributed by atoms with Crippen molar-refractivity contribution in [1.29, 1.82) is 0 Å². The van der Waals surface area contributed by atoms with Gasteiger partial charge >= 0.3 is 0 Å². The van der Waals surface area contributed by atoms with Crippen molar-refractivity contribution in [3.05, 3.63) is 34.9 Å². The van der Waals surface area contributed by atoms with Crippen molar-refractivity contribution in [2.24, 2.45) is 0 Å². The maximum absolute atomic E-state index is 5.94. The summed E-state index contributed by atoms with van der Waals surface area (Å²) in [6, 6.07) is 8.22.